The van der Waals surface area contributed by atoms with Crippen LogP contribution in [0.25, 0.3) is 0 Å². The van der Waals surface area contributed by atoms with Gasteiger partial charge in [0.15, 0.2) is 0 Å². The molecule has 0 fully saturated rings. The highest BCUT2D eigenvalue weighted by Gasteiger charge is 2.19. The number of carbonyl (C=O) groups is 1. The number of para-hydroxylation sites is 2. The number of amides is 1. The number of carbonyl (C=O) groups excluding carboxylic acids is 1. The third-order valence-electron chi connectivity index (χ3n) is 3.32. The summed E-state index contributed by atoms with van der Waals surface area (Å²) >= 11 is 5.91. The minimum absolute atomic E-state index is 0.0888. The summed E-state index contributed by atoms with van der Waals surface area (Å²) in [7, 11) is 0. The number of hydrogen-bond donors (Lipinski definition) is 0. The zero-order chi connectivity index (χ0) is 15.4. The fourth-order valence-corrected chi connectivity index (χ4v) is 2.39. The monoisotopic (exact) mass is 307 g/mol. The third-order valence-corrected chi connectivity index (χ3v) is 3.58. The number of anilines is 2. The van der Waals surface area contributed by atoms with E-state index >= 15 is 0 Å². The Hall–Kier alpha value is -2.58. The molecule has 0 bridgehead atoms. The molecule has 1 amide bonds. The first-order valence-corrected chi connectivity index (χ1v) is 7.33. The molecule has 0 atom stereocenters. The standard InChI is InChI=1S/C19H14ClNO/c20-16-13-11-15(12-14-16)19(22)21(17-7-3-1-4-8-17)18-9-5-2-6-10-18/h1-14H. The smallest absolute Gasteiger partial charge is 0.262 e. The van der Waals surface area contributed by atoms with Crippen molar-refractivity contribution in [3.05, 3.63) is 95.5 Å². The minimum Gasteiger partial charge on any atom is -0.277 e. The highest BCUT2D eigenvalue weighted by Crippen LogP contribution is 2.27. The van der Waals surface area contributed by atoms with E-state index in [9.17, 15) is 4.79 Å². The van der Waals surface area contributed by atoms with Crippen LogP contribution in [-0.2, 0) is 0 Å². The summed E-state index contributed by atoms with van der Waals surface area (Å²) in [5.74, 6) is -0.0888. The van der Waals surface area contributed by atoms with Gasteiger partial charge in [-0.25, -0.2) is 0 Å². The van der Waals surface area contributed by atoms with E-state index in [1.54, 1.807) is 29.2 Å². The Labute approximate surface area is 134 Å². The minimum atomic E-state index is -0.0888. The first-order valence-electron chi connectivity index (χ1n) is 6.96. The fraction of sp³-hybridized carbons (Fsp3) is 0. The molecule has 0 aliphatic rings. The molecule has 0 saturated carbocycles. The molecule has 3 aromatic carbocycles. The van der Waals surface area contributed by atoms with E-state index in [1.165, 1.54) is 0 Å². The van der Waals surface area contributed by atoms with Crippen molar-refractivity contribution in [2.24, 2.45) is 0 Å². The lowest BCUT2D eigenvalue weighted by molar-refractivity contribution is 0.0999. The van der Waals surface area contributed by atoms with Gasteiger partial charge in [-0.3, -0.25) is 9.69 Å². The highest BCUT2D eigenvalue weighted by atomic mass is 35.5. The van der Waals surface area contributed by atoms with E-state index in [4.69, 9.17) is 11.6 Å². The fourth-order valence-electron chi connectivity index (χ4n) is 2.26. The lowest BCUT2D eigenvalue weighted by Crippen LogP contribution is -2.25. The van der Waals surface area contributed by atoms with Gasteiger partial charge in [0.25, 0.3) is 5.91 Å². The summed E-state index contributed by atoms with van der Waals surface area (Å²) in [5.41, 5.74) is 2.25. The Morgan fingerprint density at radius 3 is 1.59 bits per heavy atom. The van der Waals surface area contributed by atoms with Crippen molar-refractivity contribution in [2.75, 3.05) is 4.90 Å². The molecule has 22 heavy (non-hydrogen) atoms. The van der Waals surface area contributed by atoms with E-state index in [1.807, 2.05) is 60.7 Å². The van der Waals surface area contributed by atoms with Crippen molar-refractivity contribution in [3.8, 4) is 0 Å². The van der Waals surface area contributed by atoms with Crippen LogP contribution in [0.3, 0.4) is 0 Å². The van der Waals surface area contributed by atoms with Crippen LogP contribution in [0.4, 0.5) is 11.4 Å². The molecule has 0 aromatic heterocycles. The van der Waals surface area contributed by atoms with Gasteiger partial charge in [-0.2, -0.15) is 0 Å². The molecule has 2 nitrogen and oxygen atoms in total. The number of benzene rings is 3. The maximum absolute atomic E-state index is 12.9. The van der Waals surface area contributed by atoms with Crippen LogP contribution in [0.1, 0.15) is 10.4 Å². The summed E-state index contributed by atoms with van der Waals surface area (Å²) in [6, 6.07) is 26.1. The van der Waals surface area contributed by atoms with Crippen LogP contribution in [-0.4, -0.2) is 5.91 Å². The molecule has 0 saturated heterocycles. The predicted octanol–water partition coefficient (Wildman–Crippen LogP) is 5.32. The average Bonchev–Trinajstić information content (AvgIpc) is 2.57. The van der Waals surface area contributed by atoms with E-state index < -0.39 is 0 Å². The normalized spacial score (nSPS) is 10.2. The molecule has 0 spiro atoms. The van der Waals surface area contributed by atoms with E-state index in [0.717, 1.165) is 11.4 Å². The first kappa shape index (κ1) is 14.4. The quantitative estimate of drug-likeness (QED) is 0.641. The zero-order valence-corrected chi connectivity index (χ0v) is 12.6. The molecule has 0 aliphatic heterocycles. The predicted molar refractivity (Wildman–Crippen MR) is 90.8 cm³/mol. The molecule has 108 valence electrons. The van der Waals surface area contributed by atoms with Crippen molar-refractivity contribution in [1.29, 1.82) is 0 Å². The summed E-state index contributed by atoms with van der Waals surface area (Å²) in [6.07, 6.45) is 0. The van der Waals surface area contributed by atoms with Crippen molar-refractivity contribution < 1.29 is 4.79 Å². The molecular weight excluding hydrogens is 294 g/mol. The van der Waals surface area contributed by atoms with Gasteiger partial charge < -0.3 is 0 Å². The van der Waals surface area contributed by atoms with E-state index in [2.05, 4.69) is 0 Å². The summed E-state index contributed by atoms with van der Waals surface area (Å²) in [6.45, 7) is 0. The third kappa shape index (κ3) is 3.02. The summed E-state index contributed by atoms with van der Waals surface area (Å²) < 4.78 is 0. The molecule has 0 aliphatic carbocycles. The number of rotatable bonds is 3. The topological polar surface area (TPSA) is 20.3 Å². The Morgan fingerprint density at radius 1 is 0.682 bits per heavy atom. The maximum Gasteiger partial charge on any atom is 0.262 e. The molecule has 3 rings (SSSR count). The molecule has 0 unspecified atom stereocenters. The molecule has 0 heterocycles. The Bertz CT molecular complexity index is 715. The van der Waals surface area contributed by atoms with Gasteiger partial charge in [-0.05, 0) is 48.5 Å². The van der Waals surface area contributed by atoms with Crippen LogP contribution < -0.4 is 4.90 Å². The second kappa shape index (κ2) is 6.46. The Kier molecular flexibility index (Phi) is 4.22. The largest absolute Gasteiger partial charge is 0.277 e. The van der Waals surface area contributed by atoms with Crippen LogP contribution in [0.5, 0.6) is 0 Å². The summed E-state index contributed by atoms with van der Waals surface area (Å²) in [5, 5.41) is 0.613. The average molecular weight is 308 g/mol. The van der Waals surface area contributed by atoms with Crippen LogP contribution in [0, 0.1) is 0 Å². The van der Waals surface area contributed by atoms with Gasteiger partial charge in [0.1, 0.15) is 0 Å². The number of halogens is 1. The molecular formula is C19H14ClNO. The van der Waals surface area contributed by atoms with Crippen molar-refractivity contribution in [2.45, 2.75) is 0 Å². The number of nitrogens with zero attached hydrogens (tertiary/aromatic N) is 1. The van der Waals surface area contributed by atoms with Crippen molar-refractivity contribution in [1.82, 2.24) is 0 Å². The van der Waals surface area contributed by atoms with Gasteiger partial charge in [0.05, 0.1) is 0 Å². The molecule has 3 aromatic rings. The van der Waals surface area contributed by atoms with Gasteiger partial charge >= 0.3 is 0 Å². The maximum atomic E-state index is 12.9. The van der Waals surface area contributed by atoms with Crippen LogP contribution >= 0.6 is 11.6 Å². The Balaban J connectivity index is 2.06. The second-order valence-electron chi connectivity index (χ2n) is 4.82. The lowest BCUT2D eigenvalue weighted by Gasteiger charge is -2.23. The second-order valence-corrected chi connectivity index (χ2v) is 5.25. The van der Waals surface area contributed by atoms with Gasteiger partial charge in [0, 0.05) is 22.0 Å². The zero-order valence-electron chi connectivity index (χ0n) is 11.8. The Morgan fingerprint density at radius 2 is 1.14 bits per heavy atom. The van der Waals surface area contributed by atoms with Crippen molar-refractivity contribution >= 4 is 28.9 Å². The van der Waals surface area contributed by atoms with E-state index in [0.29, 0.717) is 10.6 Å². The van der Waals surface area contributed by atoms with E-state index in [-0.39, 0.29) is 5.91 Å². The SMILES string of the molecule is O=C(c1ccc(Cl)cc1)N(c1ccccc1)c1ccccc1. The highest BCUT2D eigenvalue weighted by molar-refractivity contribution is 6.30. The molecule has 0 N–H and O–H groups in total. The first-order chi connectivity index (χ1) is 10.8. The van der Waals surface area contributed by atoms with Crippen LogP contribution in [0.2, 0.25) is 5.02 Å². The van der Waals surface area contributed by atoms with Gasteiger partial charge in [-0.15, -0.1) is 0 Å². The summed E-state index contributed by atoms with van der Waals surface area (Å²) in [4.78, 5) is 14.6. The number of hydrogen-bond acceptors (Lipinski definition) is 1. The lowest BCUT2D eigenvalue weighted by atomic mass is 10.1. The van der Waals surface area contributed by atoms with Gasteiger partial charge in [-0.1, -0.05) is 48.0 Å². The van der Waals surface area contributed by atoms with Gasteiger partial charge in [0.2, 0.25) is 0 Å². The van der Waals surface area contributed by atoms with Crippen LogP contribution in [0.15, 0.2) is 84.9 Å². The molecule has 0 radical (unpaired) electrons. The van der Waals surface area contributed by atoms with Crippen molar-refractivity contribution in [3.63, 3.8) is 0 Å². The molecule has 3 heteroatoms.